The van der Waals surface area contributed by atoms with Gasteiger partial charge in [0.1, 0.15) is 11.3 Å². The van der Waals surface area contributed by atoms with Crippen molar-refractivity contribution >= 4 is 16.9 Å². The van der Waals surface area contributed by atoms with Crippen molar-refractivity contribution in [3.8, 4) is 5.75 Å². The number of methoxy groups -OCH3 is 1. The number of carbonyl (C=O) groups is 1. The van der Waals surface area contributed by atoms with Gasteiger partial charge in [-0.3, -0.25) is 4.79 Å². The second-order valence-electron chi connectivity index (χ2n) is 6.00. The Labute approximate surface area is 136 Å². The van der Waals surface area contributed by atoms with Gasteiger partial charge in [-0.2, -0.15) is 0 Å². The van der Waals surface area contributed by atoms with Gasteiger partial charge in [0.05, 0.1) is 7.11 Å². The van der Waals surface area contributed by atoms with Crippen LogP contribution in [0.15, 0.2) is 22.6 Å². The van der Waals surface area contributed by atoms with Crippen LogP contribution >= 0.6 is 0 Å². The topological polar surface area (TPSA) is 60.7 Å². The number of benzene rings is 1. The molecule has 0 spiro atoms. The molecule has 0 aliphatic heterocycles. The molecule has 0 saturated heterocycles. The third kappa shape index (κ3) is 4.48. The maximum Gasteiger partial charge on any atom is 0.287 e. The highest BCUT2D eigenvalue weighted by atomic mass is 16.5. The molecule has 0 aliphatic carbocycles. The first-order valence-electron chi connectivity index (χ1n) is 7.96. The zero-order chi connectivity index (χ0) is 16.8. The number of ether oxygens (including phenoxy) is 2. The summed E-state index contributed by atoms with van der Waals surface area (Å²) < 4.78 is 16.4. The molecule has 0 radical (unpaired) electrons. The molecule has 1 N–H and O–H groups in total. The van der Waals surface area contributed by atoms with E-state index in [0.29, 0.717) is 30.4 Å². The van der Waals surface area contributed by atoms with E-state index in [-0.39, 0.29) is 5.91 Å². The lowest BCUT2D eigenvalue weighted by atomic mass is 10.1. The van der Waals surface area contributed by atoms with Gasteiger partial charge in [0.15, 0.2) is 5.76 Å². The van der Waals surface area contributed by atoms with Crippen LogP contribution in [0.25, 0.3) is 11.0 Å². The molecule has 126 valence electrons. The molecule has 1 aromatic carbocycles. The summed E-state index contributed by atoms with van der Waals surface area (Å²) >= 11 is 0. The number of carbonyl (C=O) groups excluding carboxylic acids is 1. The molecule has 2 aromatic rings. The summed E-state index contributed by atoms with van der Waals surface area (Å²) in [6.07, 6.45) is 0.783. The molecule has 2 rings (SSSR count). The first-order chi connectivity index (χ1) is 11.0. The zero-order valence-corrected chi connectivity index (χ0v) is 14.3. The summed E-state index contributed by atoms with van der Waals surface area (Å²) in [6, 6.07) is 5.52. The highest BCUT2D eigenvalue weighted by Gasteiger charge is 2.17. The predicted octanol–water partition coefficient (Wildman–Crippen LogP) is 3.54. The lowest BCUT2D eigenvalue weighted by molar-refractivity contribution is 0.0901. The Morgan fingerprint density at radius 1 is 1.35 bits per heavy atom. The van der Waals surface area contributed by atoms with Crippen LogP contribution in [0.4, 0.5) is 0 Å². The molecule has 0 atom stereocenters. The maximum absolute atomic E-state index is 12.3. The van der Waals surface area contributed by atoms with Crippen molar-refractivity contribution in [2.24, 2.45) is 5.92 Å². The second kappa shape index (κ2) is 8.02. The number of aryl methyl sites for hydroxylation is 1. The Balaban J connectivity index is 1.92. The van der Waals surface area contributed by atoms with Crippen molar-refractivity contribution in [2.75, 3.05) is 26.9 Å². The van der Waals surface area contributed by atoms with Gasteiger partial charge < -0.3 is 19.2 Å². The average molecular weight is 319 g/mol. The summed E-state index contributed by atoms with van der Waals surface area (Å²) in [5.74, 6) is 1.44. The van der Waals surface area contributed by atoms with Crippen LogP contribution < -0.4 is 10.1 Å². The third-order valence-electron chi connectivity index (χ3n) is 3.55. The molecule has 0 unspecified atom stereocenters. The van der Waals surface area contributed by atoms with Crippen LogP contribution in [0.3, 0.4) is 0 Å². The van der Waals surface area contributed by atoms with Gasteiger partial charge in [-0.05, 0) is 37.5 Å². The van der Waals surface area contributed by atoms with Gasteiger partial charge in [-0.1, -0.05) is 13.8 Å². The number of furan rings is 1. The average Bonchev–Trinajstić information content (AvgIpc) is 2.86. The molecule has 0 bridgehead atoms. The minimum atomic E-state index is -0.193. The number of rotatable bonds is 8. The lowest BCUT2D eigenvalue weighted by Crippen LogP contribution is -2.25. The van der Waals surface area contributed by atoms with E-state index in [4.69, 9.17) is 13.9 Å². The monoisotopic (exact) mass is 319 g/mol. The lowest BCUT2D eigenvalue weighted by Gasteiger charge is -2.07. The second-order valence-corrected chi connectivity index (χ2v) is 6.00. The van der Waals surface area contributed by atoms with Crippen LogP contribution in [0.1, 0.15) is 36.4 Å². The summed E-state index contributed by atoms with van der Waals surface area (Å²) in [7, 11) is 1.62. The molecule has 0 aliphatic rings. The Kier molecular flexibility index (Phi) is 6.04. The van der Waals surface area contributed by atoms with Crippen LogP contribution in [0.2, 0.25) is 0 Å². The molecule has 0 fully saturated rings. The van der Waals surface area contributed by atoms with Gasteiger partial charge >= 0.3 is 0 Å². The van der Waals surface area contributed by atoms with E-state index in [1.807, 2.05) is 25.1 Å². The Morgan fingerprint density at radius 3 is 2.83 bits per heavy atom. The number of hydrogen-bond acceptors (Lipinski definition) is 4. The normalized spacial score (nSPS) is 11.2. The van der Waals surface area contributed by atoms with Crippen molar-refractivity contribution in [3.05, 3.63) is 29.5 Å². The number of nitrogens with one attached hydrogen (secondary N) is 1. The number of amides is 1. The summed E-state index contributed by atoms with van der Waals surface area (Å²) in [5, 5.41) is 3.77. The zero-order valence-electron chi connectivity index (χ0n) is 14.3. The van der Waals surface area contributed by atoms with E-state index in [2.05, 4.69) is 19.2 Å². The highest BCUT2D eigenvalue weighted by Crippen LogP contribution is 2.28. The third-order valence-corrected chi connectivity index (χ3v) is 3.55. The predicted molar refractivity (Wildman–Crippen MR) is 90.1 cm³/mol. The van der Waals surface area contributed by atoms with Crippen LogP contribution in [-0.4, -0.2) is 32.8 Å². The summed E-state index contributed by atoms with van der Waals surface area (Å²) in [5.41, 5.74) is 1.51. The summed E-state index contributed by atoms with van der Waals surface area (Å²) in [6.45, 7) is 8.07. The molecule has 1 amide bonds. The summed E-state index contributed by atoms with van der Waals surface area (Å²) in [4.78, 5) is 12.3. The van der Waals surface area contributed by atoms with E-state index < -0.39 is 0 Å². The van der Waals surface area contributed by atoms with E-state index >= 15 is 0 Å². The molecule has 5 heteroatoms. The Bertz CT molecular complexity index is 660. The van der Waals surface area contributed by atoms with Crippen LogP contribution in [-0.2, 0) is 4.74 Å². The quantitative estimate of drug-likeness (QED) is 0.756. The Hall–Kier alpha value is -2.01. The fraction of sp³-hybridized carbons (Fsp3) is 0.500. The minimum absolute atomic E-state index is 0.193. The molecule has 0 saturated carbocycles. The van der Waals surface area contributed by atoms with Crippen LogP contribution in [0, 0.1) is 12.8 Å². The smallest absolute Gasteiger partial charge is 0.287 e. The number of hydrogen-bond donors (Lipinski definition) is 1. The molecular weight excluding hydrogens is 294 g/mol. The fourth-order valence-electron chi connectivity index (χ4n) is 2.32. The van der Waals surface area contributed by atoms with Crippen molar-refractivity contribution < 1.29 is 18.7 Å². The van der Waals surface area contributed by atoms with E-state index in [1.54, 1.807) is 7.11 Å². The van der Waals surface area contributed by atoms with Gasteiger partial charge in [0.25, 0.3) is 5.91 Å². The molecular formula is C18H25NO4. The highest BCUT2D eigenvalue weighted by molar-refractivity contribution is 5.99. The van der Waals surface area contributed by atoms with E-state index in [1.165, 1.54) is 0 Å². The molecule has 1 heterocycles. The fourth-order valence-corrected chi connectivity index (χ4v) is 2.32. The molecule has 5 nitrogen and oxygen atoms in total. The maximum atomic E-state index is 12.3. The standard InChI is InChI=1S/C18H25NO4/c1-12(2)11-22-9-5-8-19-18(20)17-13(3)15-10-14(21-4)6-7-16(15)23-17/h6-7,10,12H,5,8-9,11H2,1-4H3,(H,19,20). The number of fused-ring (bicyclic) bond motifs is 1. The minimum Gasteiger partial charge on any atom is -0.497 e. The first kappa shape index (κ1) is 17.3. The van der Waals surface area contributed by atoms with E-state index in [9.17, 15) is 4.79 Å². The molecule has 1 aromatic heterocycles. The molecule has 23 heavy (non-hydrogen) atoms. The van der Waals surface area contributed by atoms with Gasteiger partial charge in [-0.25, -0.2) is 0 Å². The van der Waals surface area contributed by atoms with E-state index in [0.717, 1.165) is 29.7 Å². The van der Waals surface area contributed by atoms with Crippen molar-refractivity contribution in [1.29, 1.82) is 0 Å². The van der Waals surface area contributed by atoms with Gasteiger partial charge in [0, 0.05) is 30.7 Å². The largest absolute Gasteiger partial charge is 0.497 e. The Morgan fingerprint density at radius 2 is 2.13 bits per heavy atom. The van der Waals surface area contributed by atoms with Crippen molar-refractivity contribution in [3.63, 3.8) is 0 Å². The van der Waals surface area contributed by atoms with Crippen LogP contribution in [0.5, 0.6) is 5.75 Å². The SMILES string of the molecule is COc1ccc2oc(C(=O)NCCCOCC(C)C)c(C)c2c1. The van der Waals surface area contributed by atoms with Crippen molar-refractivity contribution in [2.45, 2.75) is 27.2 Å². The van der Waals surface area contributed by atoms with Gasteiger partial charge in [0.2, 0.25) is 0 Å². The van der Waals surface area contributed by atoms with Crippen molar-refractivity contribution in [1.82, 2.24) is 5.32 Å². The first-order valence-corrected chi connectivity index (χ1v) is 7.96. The van der Waals surface area contributed by atoms with Gasteiger partial charge in [-0.15, -0.1) is 0 Å².